The molecule has 0 saturated heterocycles. The molecule has 1 N–H and O–H groups in total. The molecule has 7 heteroatoms. The number of hydrogen-bond acceptors (Lipinski definition) is 3. The zero-order valence-corrected chi connectivity index (χ0v) is 14.9. The van der Waals surface area contributed by atoms with Crippen LogP contribution < -0.4 is 9.46 Å². The fraction of sp³-hybridized carbons (Fsp3) is 0.250. The van der Waals surface area contributed by atoms with Crippen LogP contribution >= 0.6 is 23.2 Å². The molecular formula is C16H17Cl2NO3S. The van der Waals surface area contributed by atoms with Crippen LogP contribution in [0.4, 0.5) is 0 Å². The lowest BCUT2D eigenvalue weighted by Crippen LogP contribution is -2.24. The molecule has 0 heterocycles. The van der Waals surface area contributed by atoms with Crippen LogP contribution in [0.1, 0.15) is 18.1 Å². The van der Waals surface area contributed by atoms with Gasteiger partial charge in [0.25, 0.3) is 0 Å². The second kappa shape index (κ2) is 8.02. The van der Waals surface area contributed by atoms with E-state index in [0.717, 1.165) is 11.3 Å². The first-order valence-corrected chi connectivity index (χ1v) is 9.43. The van der Waals surface area contributed by atoms with Crippen molar-refractivity contribution >= 4 is 33.2 Å². The maximum Gasteiger partial charge on any atom is 0.216 e. The Hall–Kier alpha value is -1.27. The van der Waals surface area contributed by atoms with Crippen molar-refractivity contribution in [1.82, 2.24) is 4.72 Å². The molecule has 0 aliphatic carbocycles. The highest BCUT2D eigenvalue weighted by Gasteiger charge is 2.14. The summed E-state index contributed by atoms with van der Waals surface area (Å²) in [5, 5.41) is 0.808. The Balaban J connectivity index is 1.98. The van der Waals surface area contributed by atoms with Gasteiger partial charge in [-0.1, -0.05) is 41.4 Å². The first kappa shape index (κ1) is 18.1. The monoisotopic (exact) mass is 373 g/mol. The van der Waals surface area contributed by atoms with Gasteiger partial charge < -0.3 is 4.74 Å². The fourth-order valence-corrected chi connectivity index (χ4v) is 3.66. The molecule has 2 aromatic rings. The molecule has 2 rings (SSSR count). The summed E-state index contributed by atoms with van der Waals surface area (Å²) in [7, 11) is -3.50. The zero-order chi connectivity index (χ0) is 16.9. The Bertz CT molecular complexity index is 761. The van der Waals surface area contributed by atoms with E-state index in [1.54, 1.807) is 12.1 Å². The van der Waals surface area contributed by atoms with Crippen LogP contribution in [-0.4, -0.2) is 15.0 Å². The Kier molecular flexibility index (Phi) is 6.30. The summed E-state index contributed by atoms with van der Waals surface area (Å²) in [4.78, 5) is 0. The Labute approximate surface area is 146 Å². The summed E-state index contributed by atoms with van der Waals surface area (Å²) in [6.45, 7) is 2.71. The van der Waals surface area contributed by atoms with Gasteiger partial charge in [0.15, 0.2) is 0 Å². The summed E-state index contributed by atoms with van der Waals surface area (Å²) >= 11 is 11.8. The molecule has 23 heavy (non-hydrogen) atoms. The smallest absolute Gasteiger partial charge is 0.216 e. The number of benzene rings is 2. The lowest BCUT2D eigenvalue weighted by Gasteiger charge is -2.09. The number of nitrogens with one attached hydrogen (secondary N) is 1. The summed E-state index contributed by atoms with van der Waals surface area (Å²) in [6.07, 6.45) is 0. The van der Waals surface area contributed by atoms with Gasteiger partial charge in [-0.3, -0.25) is 0 Å². The van der Waals surface area contributed by atoms with Crippen LogP contribution in [0.2, 0.25) is 10.0 Å². The zero-order valence-electron chi connectivity index (χ0n) is 12.6. The van der Waals surface area contributed by atoms with Crippen molar-refractivity contribution < 1.29 is 13.2 Å². The van der Waals surface area contributed by atoms with Crippen molar-refractivity contribution in [2.24, 2.45) is 0 Å². The van der Waals surface area contributed by atoms with Crippen molar-refractivity contribution in [3.8, 4) is 5.75 Å². The summed E-state index contributed by atoms with van der Waals surface area (Å²) in [5.41, 5.74) is 1.36. The minimum Gasteiger partial charge on any atom is -0.494 e. The second-order valence-electron chi connectivity index (χ2n) is 4.89. The highest BCUT2D eigenvalue weighted by atomic mass is 35.5. The van der Waals surface area contributed by atoms with E-state index in [9.17, 15) is 8.42 Å². The van der Waals surface area contributed by atoms with Crippen molar-refractivity contribution in [2.45, 2.75) is 19.2 Å². The van der Waals surface area contributed by atoms with E-state index < -0.39 is 10.0 Å². The third kappa shape index (κ3) is 5.70. The van der Waals surface area contributed by atoms with Crippen LogP contribution in [0.15, 0.2) is 42.5 Å². The van der Waals surface area contributed by atoms with E-state index in [1.807, 2.05) is 31.2 Å². The molecule has 0 saturated carbocycles. The molecule has 2 aromatic carbocycles. The highest BCUT2D eigenvalue weighted by Crippen LogP contribution is 2.22. The van der Waals surface area contributed by atoms with Crippen molar-refractivity contribution in [3.63, 3.8) is 0 Å². The van der Waals surface area contributed by atoms with E-state index in [2.05, 4.69) is 4.72 Å². The molecule has 0 spiro atoms. The number of hydrogen-bond donors (Lipinski definition) is 1. The summed E-state index contributed by atoms with van der Waals surface area (Å²) in [6, 6.07) is 12.0. The van der Waals surface area contributed by atoms with Crippen molar-refractivity contribution in [2.75, 3.05) is 6.61 Å². The van der Waals surface area contributed by atoms with Crippen molar-refractivity contribution in [3.05, 3.63) is 63.6 Å². The molecule has 0 fully saturated rings. The Morgan fingerprint density at radius 2 is 1.78 bits per heavy atom. The quantitative estimate of drug-likeness (QED) is 0.797. The molecule has 0 aromatic heterocycles. The predicted molar refractivity (Wildman–Crippen MR) is 93.5 cm³/mol. The van der Waals surface area contributed by atoms with Crippen LogP contribution in [0.5, 0.6) is 5.75 Å². The van der Waals surface area contributed by atoms with E-state index in [4.69, 9.17) is 27.9 Å². The van der Waals surface area contributed by atoms with Gasteiger partial charge in [-0.15, -0.1) is 0 Å². The molecule has 0 radical (unpaired) electrons. The molecular weight excluding hydrogens is 357 g/mol. The van der Waals surface area contributed by atoms with Crippen molar-refractivity contribution in [1.29, 1.82) is 0 Å². The van der Waals surface area contributed by atoms with Gasteiger partial charge in [-0.25, -0.2) is 13.1 Å². The minimum atomic E-state index is -3.50. The summed E-state index contributed by atoms with van der Waals surface area (Å²) in [5.74, 6) is 0.562. The van der Waals surface area contributed by atoms with E-state index >= 15 is 0 Å². The summed E-state index contributed by atoms with van der Waals surface area (Å²) < 4.78 is 32.2. The van der Waals surface area contributed by atoms with Crippen LogP contribution in [0.3, 0.4) is 0 Å². The number of halogens is 2. The van der Waals surface area contributed by atoms with Gasteiger partial charge in [0, 0.05) is 16.6 Å². The van der Waals surface area contributed by atoms with Gasteiger partial charge in [-0.2, -0.15) is 0 Å². The average Bonchev–Trinajstić information content (AvgIpc) is 2.50. The fourth-order valence-electron chi connectivity index (χ4n) is 1.96. The minimum absolute atomic E-state index is 0.194. The number of ether oxygens (including phenoxy) is 1. The SMILES string of the molecule is CCOc1ccc(CNS(=O)(=O)Cc2ccc(Cl)cc2Cl)cc1. The third-order valence-corrected chi connectivity index (χ3v) is 4.95. The number of sulfonamides is 1. The molecule has 0 aliphatic heterocycles. The molecule has 0 unspecified atom stereocenters. The molecule has 0 atom stereocenters. The maximum absolute atomic E-state index is 12.2. The molecule has 0 bridgehead atoms. The third-order valence-electron chi connectivity index (χ3n) is 3.09. The van der Waals surface area contributed by atoms with E-state index in [0.29, 0.717) is 22.2 Å². The predicted octanol–water partition coefficient (Wildman–Crippen LogP) is 4.01. The van der Waals surface area contributed by atoms with Crippen LogP contribution in [0.25, 0.3) is 0 Å². The largest absolute Gasteiger partial charge is 0.494 e. The Morgan fingerprint density at radius 1 is 1.09 bits per heavy atom. The van der Waals surface area contributed by atoms with Gasteiger partial charge in [0.1, 0.15) is 5.75 Å². The van der Waals surface area contributed by atoms with Crippen LogP contribution in [-0.2, 0) is 22.3 Å². The molecule has 4 nitrogen and oxygen atoms in total. The molecule has 0 aliphatic rings. The maximum atomic E-state index is 12.2. The standard InChI is InChI=1S/C16H17Cl2NO3S/c1-2-22-15-7-3-12(4-8-15)10-19-23(20,21)11-13-5-6-14(17)9-16(13)18/h3-9,19H,2,10-11H2,1H3. The van der Waals surface area contributed by atoms with Gasteiger partial charge in [-0.05, 0) is 42.3 Å². The van der Waals surface area contributed by atoms with Gasteiger partial charge >= 0.3 is 0 Å². The Morgan fingerprint density at radius 3 is 2.39 bits per heavy atom. The lowest BCUT2D eigenvalue weighted by atomic mass is 10.2. The van der Waals surface area contributed by atoms with E-state index in [-0.39, 0.29) is 12.3 Å². The lowest BCUT2D eigenvalue weighted by molar-refractivity contribution is 0.340. The topological polar surface area (TPSA) is 55.4 Å². The normalized spacial score (nSPS) is 11.4. The number of rotatable bonds is 7. The molecule has 124 valence electrons. The first-order chi connectivity index (χ1) is 10.9. The second-order valence-corrected chi connectivity index (χ2v) is 7.54. The van der Waals surface area contributed by atoms with E-state index in [1.165, 1.54) is 6.07 Å². The average molecular weight is 374 g/mol. The van der Waals surface area contributed by atoms with Gasteiger partial charge in [0.2, 0.25) is 10.0 Å². The highest BCUT2D eigenvalue weighted by molar-refractivity contribution is 7.88. The first-order valence-electron chi connectivity index (χ1n) is 7.02. The van der Waals surface area contributed by atoms with Gasteiger partial charge in [0.05, 0.1) is 12.4 Å². The molecule has 0 amide bonds. The van der Waals surface area contributed by atoms with Crippen LogP contribution in [0, 0.1) is 0 Å².